The number of benzene rings is 18. The molecule has 0 spiro atoms. The monoisotopic (exact) mass is 1340 g/mol. The number of rotatable bonds is 12. The Morgan fingerprint density at radius 2 is 0.500 bits per heavy atom. The Bertz CT molecular complexity index is 6140. The molecule has 488 valence electrons. The van der Waals surface area contributed by atoms with Gasteiger partial charge in [0.2, 0.25) is 0 Å². The van der Waals surface area contributed by atoms with Crippen molar-refractivity contribution in [2.75, 3.05) is 9.80 Å². The average molecular weight is 1340 g/mol. The molecule has 0 amide bonds. The van der Waals surface area contributed by atoms with E-state index in [0.29, 0.717) is 0 Å². The smallest absolute Gasteiger partial charge is 0.136 e. The largest absolute Gasteiger partial charge is 0.456 e. The van der Waals surface area contributed by atoms with Crippen LogP contribution in [0.3, 0.4) is 0 Å². The molecule has 104 heavy (non-hydrogen) atoms. The highest BCUT2D eigenvalue weighted by atomic mass is 32.1. The van der Waals surface area contributed by atoms with E-state index in [2.05, 4.69) is 398 Å². The molecule has 0 bridgehead atoms. The summed E-state index contributed by atoms with van der Waals surface area (Å²) in [5, 5.41) is 15.0. The van der Waals surface area contributed by atoms with E-state index in [0.717, 1.165) is 61.6 Å². The van der Waals surface area contributed by atoms with Crippen molar-refractivity contribution in [3.8, 4) is 66.8 Å². The second-order valence-corrected chi connectivity index (χ2v) is 27.8. The van der Waals surface area contributed by atoms with Gasteiger partial charge in [0.1, 0.15) is 11.2 Å². The first-order valence-electron chi connectivity index (χ1n) is 35.5. The fraction of sp³-hybridized carbons (Fsp3) is 0. The summed E-state index contributed by atoms with van der Waals surface area (Å²) in [6, 6.07) is 145. The predicted octanol–water partition coefficient (Wildman–Crippen LogP) is 29.2. The zero-order chi connectivity index (χ0) is 68.9. The van der Waals surface area contributed by atoms with Gasteiger partial charge in [-0.2, -0.15) is 0 Å². The predicted molar refractivity (Wildman–Crippen MR) is 445 cm³/mol. The molecule has 0 unspecified atom stereocenters. The van der Waals surface area contributed by atoms with E-state index < -0.39 is 0 Å². The Kier molecular flexibility index (Phi) is 15.8. The van der Waals surface area contributed by atoms with Crippen LogP contribution in [-0.2, 0) is 0 Å². The molecular weight excluding hydrogens is 1280 g/mol. The summed E-state index contributed by atoms with van der Waals surface area (Å²) in [5.41, 5.74) is 23.0. The number of anilines is 6. The molecule has 0 aliphatic heterocycles. The lowest BCUT2D eigenvalue weighted by atomic mass is 9.98. The zero-order valence-electron chi connectivity index (χ0n) is 56.8. The normalized spacial score (nSPS) is 11.5. The number of fused-ring (bicyclic) bond motifs is 12. The Labute approximate surface area is 607 Å². The third-order valence-corrected chi connectivity index (χ3v) is 21.7. The molecule has 0 aliphatic carbocycles. The number of furan rings is 1. The van der Waals surface area contributed by atoms with Gasteiger partial charge in [0.05, 0.1) is 0 Å². The molecule has 0 aliphatic rings. The molecule has 20 rings (SSSR count). The van der Waals surface area contributed by atoms with Gasteiger partial charge < -0.3 is 14.2 Å². The SMILES string of the molecule is c1ccc(-c2ccc(-c3ccc(N(c4ccc(-c5cccc6oc7ccccc7c56)cc4)c4ccc5c(ccc6ccccc65)c4)cc3)cc2)cc1.c1ccc(-c2ccc(-c3ccc(N(c4ccc(-c5cccc6sc7ccccc7c56)cc4)c4ccc5c(ccc6ccccc65)c4)cc3)cc2)cc1. The maximum Gasteiger partial charge on any atom is 0.136 e. The van der Waals surface area contributed by atoms with Crippen LogP contribution in [0.5, 0.6) is 0 Å². The number of hydrogen-bond donors (Lipinski definition) is 0. The Morgan fingerprint density at radius 3 is 0.971 bits per heavy atom. The molecule has 2 heterocycles. The minimum Gasteiger partial charge on any atom is -0.456 e. The third-order valence-electron chi connectivity index (χ3n) is 20.6. The molecule has 0 atom stereocenters. The lowest BCUT2D eigenvalue weighted by molar-refractivity contribution is 0.669. The van der Waals surface area contributed by atoms with Crippen LogP contribution < -0.4 is 9.80 Å². The summed E-state index contributed by atoms with van der Waals surface area (Å²) in [5.74, 6) is 0. The van der Waals surface area contributed by atoms with Crippen molar-refractivity contribution in [2.45, 2.75) is 0 Å². The van der Waals surface area contributed by atoms with Crippen molar-refractivity contribution in [2.24, 2.45) is 0 Å². The molecule has 0 radical (unpaired) electrons. The number of nitrogens with zero attached hydrogens (tertiary/aromatic N) is 2. The molecule has 20 aromatic rings. The molecule has 0 saturated carbocycles. The maximum absolute atomic E-state index is 6.21. The van der Waals surface area contributed by atoms with Crippen molar-refractivity contribution in [3.05, 3.63) is 400 Å². The van der Waals surface area contributed by atoms with E-state index >= 15 is 0 Å². The molecular formula is C100H66N2OS. The van der Waals surface area contributed by atoms with Crippen molar-refractivity contribution in [1.29, 1.82) is 0 Å². The molecule has 18 aromatic carbocycles. The highest BCUT2D eigenvalue weighted by Crippen LogP contribution is 2.45. The van der Waals surface area contributed by atoms with Gasteiger partial charge in [0.25, 0.3) is 0 Å². The molecule has 4 heteroatoms. The van der Waals surface area contributed by atoms with Crippen LogP contribution in [0.4, 0.5) is 34.1 Å². The number of para-hydroxylation sites is 1. The number of thiophene rings is 1. The van der Waals surface area contributed by atoms with Gasteiger partial charge >= 0.3 is 0 Å². The van der Waals surface area contributed by atoms with Crippen molar-refractivity contribution < 1.29 is 4.42 Å². The van der Waals surface area contributed by atoms with Gasteiger partial charge in [-0.05, 0) is 207 Å². The highest BCUT2D eigenvalue weighted by Gasteiger charge is 2.20. The molecule has 3 nitrogen and oxygen atoms in total. The van der Waals surface area contributed by atoms with E-state index in [-0.39, 0.29) is 0 Å². The van der Waals surface area contributed by atoms with Crippen LogP contribution >= 0.6 is 11.3 Å². The maximum atomic E-state index is 6.21. The van der Waals surface area contributed by atoms with Gasteiger partial charge in [0.15, 0.2) is 0 Å². The van der Waals surface area contributed by atoms with Crippen LogP contribution in [0.15, 0.2) is 405 Å². The standard InChI is InChI=1S/C50H33NO.C50H33NS/c2*1-2-9-34(10-3-1)35-17-19-36(20-18-35)37-23-27-41(28-24-37)51(43-31-32-45-40(33-43)22-21-38-11-4-5-12-44(38)45)42-29-25-39(26-30-42)46-14-8-16-49-50(46)47-13-6-7-15-48(47)52-49/h2*1-33H. The number of hydrogen-bond acceptors (Lipinski definition) is 4. The second-order valence-electron chi connectivity index (χ2n) is 26.7. The van der Waals surface area contributed by atoms with Gasteiger partial charge in [-0.15, -0.1) is 11.3 Å². The van der Waals surface area contributed by atoms with Crippen LogP contribution in [0.1, 0.15) is 0 Å². The van der Waals surface area contributed by atoms with Crippen LogP contribution in [0.2, 0.25) is 0 Å². The Balaban J connectivity index is 0.000000143. The van der Waals surface area contributed by atoms with Crippen molar-refractivity contribution in [3.63, 3.8) is 0 Å². The summed E-state index contributed by atoms with van der Waals surface area (Å²) in [4.78, 5) is 4.73. The lowest BCUT2D eigenvalue weighted by Crippen LogP contribution is -2.09. The minimum atomic E-state index is 0.905. The minimum absolute atomic E-state index is 0.905. The van der Waals surface area contributed by atoms with Crippen LogP contribution in [0, 0.1) is 0 Å². The van der Waals surface area contributed by atoms with Crippen LogP contribution in [0.25, 0.3) is 152 Å². The summed E-state index contributed by atoms with van der Waals surface area (Å²) in [6.07, 6.45) is 0. The summed E-state index contributed by atoms with van der Waals surface area (Å²) < 4.78 is 8.86. The average Bonchev–Trinajstić information content (AvgIpc) is 1.50. The Morgan fingerprint density at radius 1 is 0.183 bits per heavy atom. The van der Waals surface area contributed by atoms with E-state index in [4.69, 9.17) is 4.42 Å². The topological polar surface area (TPSA) is 19.6 Å². The first-order valence-corrected chi connectivity index (χ1v) is 36.3. The van der Waals surface area contributed by atoms with Gasteiger partial charge in [-0.25, -0.2) is 0 Å². The van der Waals surface area contributed by atoms with Gasteiger partial charge in [0, 0.05) is 65.1 Å². The van der Waals surface area contributed by atoms with Gasteiger partial charge in [-0.1, -0.05) is 303 Å². The fourth-order valence-corrected chi connectivity index (χ4v) is 16.5. The van der Waals surface area contributed by atoms with Crippen molar-refractivity contribution in [1.82, 2.24) is 0 Å². The van der Waals surface area contributed by atoms with Crippen molar-refractivity contribution >= 4 is 131 Å². The van der Waals surface area contributed by atoms with Crippen LogP contribution in [-0.4, -0.2) is 0 Å². The fourth-order valence-electron chi connectivity index (χ4n) is 15.4. The van der Waals surface area contributed by atoms with E-state index in [1.54, 1.807) is 0 Å². The summed E-state index contributed by atoms with van der Waals surface area (Å²) in [7, 11) is 0. The first-order chi connectivity index (χ1) is 51.5. The molecule has 2 aromatic heterocycles. The quantitative estimate of drug-likeness (QED) is 0.114. The van der Waals surface area contributed by atoms with E-state index in [1.807, 2.05) is 23.5 Å². The van der Waals surface area contributed by atoms with E-state index in [1.165, 1.54) is 124 Å². The van der Waals surface area contributed by atoms with E-state index in [9.17, 15) is 0 Å². The molecule has 0 saturated heterocycles. The molecule has 0 N–H and O–H groups in total. The first kappa shape index (κ1) is 61.7. The summed E-state index contributed by atoms with van der Waals surface area (Å²) >= 11 is 1.87. The zero-order valence-corrected chi connectivity index (χ0v) is 57.6. The highest BCUT2D eigenvalue weighted by molar-refractivity contribution is 7.26. The second kappa shape index (κ2) is 26.6. The Hall–Kier alpha value is -13.4. The lowest BCUT2D eigenvalue weighted by Gasteiger charge is -2.26. The summed E-state index contributed by atoms with van der Waals surface area (Å²) in [6.45, 7) is 0. The third kappa shape index (κ3) is 11.6. The van der Waals surface area contributed by atoms with Gasteiger partial charge in [-0.3, -0.25) is 0 Å². The molecule has 0 fully saturated rings.